The number of ether oxygens (including phenoxy) is 4. The Morgan fingerprint density at radius 3 is 1.15 bits per heavy atom. The van der Waals surface area contributed by atoms with Crippen molar-refractivity contribution in [1.29, 1.82) is 0 Å². The first-order valence-electron chi connectivity index (χ1n) is 41.0. The summed E-state index contributed by atoms with van der Waals surface area (Å²) in [6.07, 6.45) is 26.9. The summed E-state index contributed by atoms with van der Waals surface area (Å²) < 4.78 is 29.5. The molecule has 10 aromatic heterocycles. The van der Waals surface area contributed by atoms with Crippen LogP contribution < -0.4 is 24.3 Å². The molecule has 3 unspecified atom stereocenters. The van der Waals surface area contributed by atoms with Crippen molar-refractivity contribution in [3.63, 3.8) is 0 Å². The van der Waals surface area contributed by atoms with Crippen LogP contribution in [0, 0.1) is 45.4 Å². The SMILES string of the molecule is CCCC1CC(=O)N(Cc2c(C)cnc3c2ncn3Cc2ccc(OC)cc2)C1.CCCC1CC(=O)N(Cc2c(C)cnc3nc[nH]c23)C1.CCCC1CNC(=O)C1.COc1ccc(Cn2cnc3c(CCl)c(C)cnc32)cc1.COc1ccc(Cn2cnc3c(CO)c(Br)cnc32)cc1.COc1ccc(Cn2cnc3c(CO)c(C)cnc32)cc1. The van der Waals surface area contributed by atoms with Crippen LogP contribution in [0.4, 0.5) is 0 Å². The first kappa shape index (κ1) is 88.6. The van der Waals surface area contributed by atoms with Crippen LogP contribution in [0.5, 0.6) is 23.0 Å². The maximum atomic E-state index is 12.5. The molecule has 3 fully saturated rings. The maximum Gasteiger partial charge on any atom is 0.223 e. The Morgan fingerprint density at radius 2 is 0.769 bits per heavy atom. The van der Waals surface area contributed by atoms with Crippen LogP contribution in [0.25, 0.3) is 55.8 Å². The number of hydrogen-bond acceptors (Lipinski definition) is 19. The van der Waals surface area contributed by atoms with E-state index in [1.54, 1.807) is 59.8 Å². The summed E-state index contributed by atoms with van der Waals surface area (Å²) in [7, 11) is 6.64. The van der Waals surface area contributed by atoms with Gasteiger partial charge in [-0.3, -0.25) is 14.4 Å². The van der Waals surface area contributed by atoms with Crippen molar-refractivity contribution in [2.24, 2.45) is 17.8 Å². The molecule has 0 aliphatic carbocycles. The number of aliphatic hydroxyl groups excluding tert-OH is 2. The van der Waals surface area contributed by atoms with Crippen LogP contribution in [0.1, 0.15) is 151 Å². The molecule has 17 rings (SSSR count). The van der Waals surface area contributed by atoms with Gasteiger partial charge in [0.05, 0.1) is 105 Å². The zero-order valence-electron chi connectivity index (χ0n) is 70.8. The second-order valence-corrected chi connectivity index (χ2v) is 31.9. The molecule has 121 heavy (non-hydrogen) atoms. The van der Waals surface area contributed by atoms with Gasteiger partial charge >= 0.3 is 0 Å². The molecule has 3 aliphatic rings. The van der Waals surface area contributed by atoms with E-state index in [0.29, 0.717) is 69.2 Å². The van der Waals surface area contributed by atoms with Gasteiger partial charge in [-0.2, -0.15) is 0 Å². The third-order valence-corrected chi connectivity index (χ3v) is 23.2. The fourth-order valence-electron chi connectivity index (χ4n) is 15.5. The third kappa shape index (κ3) is 22.1. The number of amides is 3. The molecule has 3 aliphatic heterocycles. The van der Waals surface area contributed by atoms with Gasteiger partial charge in [0.15, 0.2) is 28.2 Å². The molecule has 3 amide bonds. The number of aliphatic hydroxyl groups is 2. The van der Waals surface area contributed by atoms with E-state index in [0.717, 1.165) is 208 Å². The lowest BCUT2D eigenvalue weighted by Crippen LogP contribution is -2.25. The number of halogens is 2. The normalized spacial score (nSPS) is 14.9. The molecule has 4 aromatic carbocycles. The lowest BCUT2D eigenvalue weighted by molar-refractivity contribution is -0.129. The molecule has 634 valence electrons. The van der Waals surface area contributed by atoms with Gasteiger partial charge in [-0.15, -0.1) is 11.6 Å². The predicted octanol–water partition coefficient (Wildman–Crippen LogP) is 15.9. The van der Waals surface area contributed by atoms with Crippen LogP contribution >= 0.6 is 27.5 Å². The summed E-state index contributed by atoms with van der Waals surface area (Å²) in [5.41, 5.74) is 21.9. The van der Waals surface area contributed by atoms with Gasteiger partial charge < -0.3 is 67.5 Å². The Morgan fingerprint density at radius 1 is 0.421 bits per heavy atom. The number of nitrogens with one attached hydrogen (secondary N) is 2. The molecular formula is C92H108BrClN18O9. The van der Waals surface area contributed by atoms with E-state index < -0.39 is 0 Å². The Balaban J connectivity index is 0.000000136. The number of carbonyl (C=O) groups is 3. The van der Waals surface area contributed by atoms with Gasteiger partial charge in [-0.05, 0) is 174 Å². The standard InChI is InChI=1S/C23H28N4O2.C16H16ClN3O.C16H17N3O2.C15H14BrN3O2.C15H20N4O.C7H13NO/c1-4-5-18-10-21(28)26(13-18)14-20-16(2)11-24-23-22(20)25-15-27(23)12-17-6-8-19(29-3)9-7-17;1-11-8-18-16-15(14(11)7-17)19-10-20(16)9-12-3-5-13(21-2)6-4-12;1-11-7-17-16-15(14(11)9-20)18-10-19(16)8-12-3-5-13(21-2)6-4-12;1-21-11-4-2-10(3-5-11)7-19-9-18-14-12(8-20)13(16)6-17-15(14)19;1-3-4-11-5-13(20)19(7-11)8-12-10(2)6-16-15-14(12)17-9-18-15;1-2-3-6-4-7(9)8-5-6/h6-9,11,15,18H,4-5,10,12-14H2,1-3H3;3-6,8,10H,7,9H2,1-2H3;3-7,10,20H,8-9H2,1-2H3;2-6,9,20H,7-8H2,1H3;6,9,11H,3-5,7-8H2,1-2H3,(H,16,17,18);6H,2-5H2,1H3,(H,8,9). The lowest BCUT2D eigenvalue weighted by atomic mass is 10.0. The van der Waals surface area contributed by atoms with Crippen molar-refractivity contribution in [2.75, 3.05) is 48.1 Å². The fraction of sp³-hybridized carbons (Fsp3) is 0.380. The van der Waals surface area contributed by atoms with Gasteiger partial charge in [-0.1, -0.05) is 88.6 Å². The highest BCUT2D eigenvalue weighted by molar-refractivity contribution is 9.10. The highest BCUT2D eigenvalue weighted by Gasteiger charge is 2.32. The monoisotopic (exact) mass is 1720 g/mol. The van der Waals surface area contributed by atoms with Crippen LogP contribution in [-0.2, 0) is 72.7 Å². The van der Waals surface area contributed by atoms with Crippen molar-refractivity contribution in [2.45, 2.75) is 165 Å². The minimum absolute atomic E-state index is 0.0234. The zero-order valence-corrected chi connectivity index (χ0v) is 73.1. The fourth-order valence-corrected chi connectivity index (χ4v) is 16.2. The number of alkyl halides is 1. The van der Waals surface area contributed by atoms with Crippen molar-refractivity contribution in [3.8, 4) is 23.0 Å². The van der Waals surface area contributed by atoms with Crippen molar-refractivity contribution >= 4 is 101 Å². The Hall–Kier alpha value is -11.7. The highest BCUT2D eigenvalue weighted by atomic mass is 79.9. The van der Waals surface area contributed by atoms with Gasteiger partial charge in [0, 0.05) is 121 Å². The Bertz CT molecular complexity index is 5480. The maximum absolute atomic E-state index is 12.5. The van der Waals surface area contributed by atoms with Crippen LogP contribution in [0.2, 0.25) is 0 Å². The van der Waals surface area contributed by atoms with Crippen LogP contribution in [0.15, 0.2) is 164 Å². The second kappa shape index (κ2) is 42.5. The molecule has 13 heterocycles. The number of pyridine rings is 5. The largest absolute Gasteiger partial charge is 0.497 e. The number of fused-ring (bicyclic) bond motifs is 5. The van der Waals surface area contributed by atoms with E-state index >= 15 is 0 Å². The number of nitrogens with zero attached hydrogens (tertiary/aromatic N) is 16. The molecule has 0 spiro atoms. The minimum Gasteiger partial charge on any atom is -0.497 e. The predicted molar refractivity (Wildman–Crippen MR) is 473 cm³/mol. The Labute approximate surface area is 718 Å². The first-order chi connectivity index (χ1) is 58.8. The molecule has 0 saturated carbocycles. The summed E-state index contributed by atoms with van der Waals surface area (Å²) in [4.78, 5) is 86.7. The number of benzene rings is 4. The summed E-state index contributed by atoms with van der Waals surface area (Å²) in [6, 6.07) is 31.8. The molecule has 0 radical (unpaired) electrons. The zero-order chi connectivity index (χ0) is 85.6. The van der Waals surface area contributed by atoms with E-state index in [-0.39, 0.29) is 30.9 Å². The second-order valence-electron chi connectivity index (χ2n) is 30.8. The van der Waals surface area contributed by atoms with Crippen molar-refractivity contribution < 1.29 is 43.5 Å². The molecule has 3 atom stereocenters. The van der Waals surface area contributed by atoms with E-state index in [4.69, 9.17) is 30.5 Å². The van der Waals surface area contributed by atoms with Gasteiger partial charge in [0.2, 0.25) is 17.7 Å². The van der Waals surface area contributed by atoms with Crippen LogP contribution in [0.3, 0.4) is 0 Å². The van der Waals surface area contributed by atoms with Gasteiger partial charge in [0.25, 0.3) is 0 Å². The van der Waals surface area contributed by atoms with E-state index in [1.807, 2.05) is 167 Å². The summed E-state index contributed by atoms with van der Waals surface area (Å²) in [6.45, 7) is 21.1. The number of carbonyl (C=O) groups excluding carboxylic acids is 3. The van der Waals surface area contributed by atoms with Crippen LogP contribution in [-0.4, -0.2) is 159 Å². The number of likely N-dealkylation sites (tertiary alicyclic amines) is 2. The highest BCUT2D eigenvalue weighted by Crippen LogP contribution is 2.32. The summed E-state index contributed by atoms with van der Waals surface area (Å²) >= 11 is 9.41. The molecule has 14 aromatic rings. The molecule has 0 bridgehead atoms. The number of aromatic nitrogens is 15. The topological polar surface area (TPSA) is 312 Å². The number of aromatic amines is 1. The van der Waals surface area contributed by atoms with Gasteiger partial charge in [-0.25, -0.2) is 49.8 Å². The number of imidazole rings is 5. The van der Waals surface area contributed by atoms with Crippen molar-refractivity contribution in [3.05, 3.63) is 236 Å². The molecule has 4 N–H and O–H groups in total. The molecule has 29 heteroatoms. The number of aryl methyl sites for hydroxylation is 4. The smallest absolute Gasteiger partial charge is 0.223 e. The molecule has 27 nitrogen and oxygen atoms in total. The first-order valence-corrected chi connectivity index (χ1v) is 42.4. The molecular weight excluding hydrogens is 1620 g/mol. The average Bonchev–Trinajstić information content (AvgIpc) is 1.97. The van der Waals surface area contributed by atoms with Crippen molar-refractivity contribution in [1.82, 2.24) is 88.2 Å². The minimum atomic E-state index is -0.0703. The van der Waals surface area contributed by atoms with E-state index in [1.165, 1.54) is 18.4 Å². The molecule has 3 saturated heterocycles. The number of H-pyrrole nitrogens is 1. The van der Waals surface area contributed by atoms with Gasteiger partial charge in [0.1, 0.15) is 45.1 Å². The Kier molecular flexibility index (Phi) is 31.1. The van der Waals surface area contributed by atoms with E-state index in [9.17, 15) is 24.6 Å². The number of hydrogen-bond donors (Lipinski definition) is 4. The number of methoxy groups -OCH3 is 4. The summed E-state index contributed by atoms with van der Waals surface area (Å²) in [5.74, 6) is 6.21. The van der Waals surface area contributed by atoms with E-state index in [2.05, 4.69) is 114 Å². The average molecular weight is 1730 g/mol. The quantitative estimate of drug-likeness (QED) is 0.0386. The summed E-state index contributed by atoms with van der Waals surface area (Å²) in [5, 5.41) is 21.7. The number of rotatable bonds is 25. The third-order valence-electron chi connectivity index (χ3n) is 22.3. The lowest BCUT2D eigenvalue weighted by Gasteiger charge is -2.18.